The number of hydrogen-bond acceptors (Lipinski definition) is 14. The molecule has 368 valence electrons. The first-order chi connectivity index (χ1) is 30.4. The van der Waals surface area contributed by atoms with E-state index in [1.165, 1.54) is 9.80 Å². The Labute approximate surface area is 386 Å². The zero-order valence-corrected chi connectivity index (χ0v) is 41.1. The van der Waals surface area contributed by atoms with Gasteiger partial charge in [-0.1, -0.05) is 62.3 Å². The summed E-state index contributed by atoms with van der Waals surface area (Å²) in [4.78, 5) is 91.0. The number of ether oxygens (including phenoxy) is 6. The second-order valence-electron chi connectivity index (χ2n) is 22.7. The molecular weight excluding hydrogens is 839 g/mol. The van der Waals surface area contributed by atoms with Crippen LogP contribution in [0, 0.1) is 38.4 Å². The van der Waals surface area contributed by atoms with Crippen molar-refractivity contribution in [2.75, 3.05) is 86.3 Å². The number of rotatable bonds is 24. The normalized spacial score (nSPS) is 30.9. The molecule has 1 N–H and O–H groups in total. The van der Waals surface area contributed by atoms with Crippen molar-refractivity contribution in [2.45, 2.75) is 145 Å². The first kappa shape index (κ1) is 54.0. The number of nitrogens with zero attached hydrogens (tertiary/aromatic N) is 4. The molecule has 0 bridgehead atoms. The van der Waals surface area contributed by atoms with Crippen LogP contribution in [0.15, 0.2) is 9.98 Å². The summed E-state index contributed by atoms with van der Waals surface area (Å²) >= 11 is 0. The number of imide groups is 2. The first-order valence-corrected chi connectivity index (χ1v) is 23.5. The Balaban J connectivity index is 1.43. The third kappa shape index (κ3) is 16.9. The molecule has 1 aliphatic heterocycles. The van der Waals surface area contributed by atoms with E-state index < -0.39 is 46.1 Å². The van der Waals surface area contributed by atoms with Crippen LogP contribution >= 0.6 is 0 Å². The zero-order valence-electron chi connectivity index (χ0n) is 41.1. The lowest BCUT2D eigenvalue weighted by Gasteiger charge is -2.51. The average molecular weight is 918 g/mol. The molecule has 65 heavy (non-hydrogen) atoms. The van der Waals surface area contributed by atoms with Gasteiger partial charge in [0.2, 0.25) is 24.0 Å². The van der Waals surface area contributed by atoms with E-state index in [0.29, 0.717) is 111 Å². The summed E-state index contributed by atoms with van der Waals surface area (Å²) in [5.41, 5.74) is -2.48. The lowest BCUT2D eigenvalue weighted by Crippen LogP contribution is -2.64. The molecule has 17 heteroatoms. The Morgan fingerprint density at radius 1 is 0.585 bits per heavy atom. The fourth-order valence-electron chi connectivity index (χ4n) is 12.5. The van der Waals surface area contributed by atoms with Gasteiger partial charge in [0.15, 0.2) is 0 Å². The van der Waals surface area contributed by atoms with Gasteiger partial charge < -0.3 is 33.7 Å². The van der Waals surface area contributed by atoms with Crippen molar-refractivity contribution < 1.29 is 57.2 Å². The van der Waals surface area contributed by atoms with Gasteiger partial charge in [-0.2, -0.15) is 0 Å². The van der Waals surface area contributed by atoms with Crippen molar-refractivity contribution in [3.8, 4) is 0 Å². The number of carbonyl (C=O) groups excluding carboxylic acids is 6. The highest BCUT2D eigenvalue weighted by molar-refractivity contribution is 6.16. The second kappa shape index (κ2) is 23.4. The van der Waals surface area contributed by atoms with Crippen molar-refractivity contribution in [2.24, 2.45) is 48.4 Å². The van der Waals surface area contributed by atoms with Gasteiger partial charge in [0.1, 0.15) is 12.5 Å². The number of hydrogen-bond donors (Lipinski definition) is 1. The Hall–Kier alpha value is -3.56. The molecule has 17 nitrogen and oxygen atoms in total. The third-order valence-electron chi connectivity index (χ3n) is 13.5. The molecule has 6 atom stereocenters. The fourth-order valence-corrected chi connectivity index (χ4v) is 12.5. The highest BCUT2D eigenvalue weighted by Gasteiger charge is 2.55. The van der Waals surface area contributed by atoms with Crippen LogP contribution in [0.3, 0.4) is 0 Å². The molecule has 0 radical (unpaired) electrons. The molecular formula is C48H79N5O12. The van der Waals surface area contributed by atoms with Crippen LogP contribution in [-0.4, -0.2) is 150 Å². The quantitative estimate of drug-likeness (QED) is 0.0469. The van der Waals surface area contributed by atoms with Gasteiger partial charge in [-0.3, -0.25) is 19.4 Å². The SMILES string of the molecule is COCCOCCOCCOCCOCCOC(=O)NC1CC(C)(C)CC(C)(CC2C(=O)N(CC3(C)CC(N=C=O)CC(C)(C)C3)C(=O)N(CC3(C)CC(N=C=O)CC(C)(C)C3)C2=O)C1. The van der Waals surface area contributed by atoms with E-state index in [1.54, 1.807) is 19.3 Å². The van der Waals surface area contributed by atoms with Crippen molar-refractivity contribution >= 4 is 36.1 Å². The van der Waals surface area contributed by atoms with E-state index in [-0.39, 0.29) is 67.1 Å². The van der Waals surface area contributed by atoms with Crippen LogP contribution in [0.5, 0.6) is 0 Å². The Kier molecular flexibility index (Phi) is 19.5. The molecule has 4 fully saturated rings. The van der Waals surface area contributed by atoms with Crippen LogP contribution in [-0.2, 0) is 47.6 Å². The summed E-state index contributed by atoms with van der Waals surface area (Å²) in [6, 6.07) is -1.57. The van der Waals surface area contributed by atoms with Gasteiger partial charge in [0, 0.05) is 26.2 Å². The summed E-state index contributed by atoms with van der Waals surface area (Å²) in [5, 5.41) is 3.04. The maximum Gasteiger partial charge on any atom is 0.407 e. The van der Waals surface area contributed by atoms with Gasteiger partial charge in [-0.15, -0.1) is 0 Å². The lowest BCUT2D eigenvalue weighted by molar-refractivity contribution is -0.155. The lowest BCUT2D eigenvalue weighted by atomic mass is 9.59. The van der Waals surface area contributed by atoms with Crippen LogP contribution in [0.25, 0.3) is 0 Å². The van der Waals surface area contributed by atoms with Crippen molar-refractivity contribution in [3.63, 3.8) is 0 Å². The molecule has 0 spiro atoms. The second-order valence-corrected chi connectivity index (χ2v) is 22.7. The maximum absolute atomic E-state index is 14.8. The van der Waals surface area contributed by atoms with E-state index >= 15 is 0 Å². The van der Waals surface area contributed by atoms with Crippen molar-refractivity contribution in [3.05, 3.63) is 0 Å². The van der Waals surface area contributed by atoms with Gasteiger partial charge in [-0.25, -0.2) is 29.2 Å². The van der Waals surface area contributed by atoms with Gasteiger partial charge in [-0.05, 0) is 96.7 Å². The van der Waals surface area contributed by atoms with E-state index in [1.807, 2.05) is 13.8 Å². The highest BCUT2D eigenvalue weighted by atomic mass is 16.6. The number of carbonyl (C=O) groups is 4. The smallest absolute Gasteiger partial charge is 0.407 e. The minimum atomic E-state index is -1.15. The summed E-state index contributed by atoms with van der Waals surface area (Å²) in [7, 11) is 1.62. The number of isocyanates is 2. The Bertz CT molecular complexity index is 1650. The van der Waals surface area contributed by atoms with Gasteiger partial charge >= 0.3 is 12.1 Å². The largest absolute Gasteiger partial charge is 0.447 e. The molecule has 3 saturated carbocycles. The molecule has 4 rings (SSSR count). The topological polar surface area (TPSA) is 201 Å². The fraction of sp³-hybridized carbons (Fsp3) is 0.875. The minimum absolute atomic E-state index is 0.0485. The molecule has 4 aliphatic rings. The van der Waals surface area contributed by atoms with Gasteiger partial charge in [0.25, 0.3) is 0 Å². The Morgan fingerprint density at radius 3 is 1.42 bits per heavy atom. The van der Waals surface area contributed by atoms with E-state index in [2.05, 4.69) is 63.8 Å². The number of nitrogens with one attached hydrogen (secondary N) is 1. The van der Waals surface area contributed by atoms with Crippen LogP contribution < -0.4 is 5.32 Å². The predicted molar refractivity (Wildman–Crippen MR) is 241 cm³/mol. The molecule has 1 heterocycles. The van der Waals surface area contributed by atoms with E-state index in [0.717, 1.165) is 0 Å². The molecule has 0 aromatic carbocycles. The standard InChI is InChI=1S/C48H79N5O12/c1-43(2)21-35(49-33-54)24-47(8,29-43)31-52-39(56)38(40(57)53(42(52)59)32-48(9)25-36(50-34-55)22-44(3,4)30-48)27-46(7)26-37(23-45(5,6)28-46)51-41(58)65-20-19-64-18-17-63-16-15-62-14-13-61-12-11-60-10/h35-38H,11-32H2,1-10H3,(H,51,58). The zero-order chi connectivity index (χ0) is 48.1. The number of aliphatic imine (C=N–C) groups is 2. The molecule has 0 aromatic heterocycles. The summed E-state index contributed by atoms with van der Waals surface area (Å²) < 4.78 is 32.3. The Morgan fingerprint density at radius 2 is 0.985 bits per heavy atom. The molecule has 1 saturated heterocycles. The number of urea groups is 1. The van der Waals surface area contributed by atoms with Crippen molar-refractivity contribution in [1.82, 2.24) is 15.1 Å². The number of alkyl carbamates (subject to hydrolysis) is 1. The van der Waals surface area contributed by atoms with Crippen LogP contribution in [0.4, 0.5) is 9.59 Å². The maximum atomic E-state index is 14.8. The van der Waals surface area contributed by atoms with Gasteiger partial charge in [0.05, 0.1) is 71.5 Å². The minimum Gasteiger partial charge on any atom is -0.447 e. The predicted octanol–water partition coefficient (Wildman–Crippen LogP) is 6.65. The summed E-state index contributed by atoms with van der Waals surface area (Å²) in [5.74, 6) is -2.20. The molecule has 5 amide bonds. The number of methoxy groups -OCH3 is 1. The number of amides is 5. The molecule has 0 aromatic rings. The monoisotopic (exact) mass is 918 g/mol. The summed E-state index contributed by atoms with van der Waals surface area (Å²) in [6.07, 6.45) is 8.54. The van der Waals surface area contributed by atoms with Crippen LogP contribution in [0.1, 0.15) is 127 Å². The highest BCUT2D eigenvalue weighted by Crippen LogP contribution is 2.52. The number of barbiturate groups is 1. The molecule has 3 aliphatic carbocycles. The van der Waals surface area contributed by atoms with Crippen molar-refractivity contribution in [1.29, 1.82) is 0 Å². The average Bonchev–Trinajstić information content (AvgIpc) is 3.16. The summed E-state index contributed by atoms with van der Waals surface area (Å²) in [6.45, 7) is 22.7. The first-order valence-electron chi connectivity index (χ1n) is 23.5. The third-order valence-corrected chi connectivity index (χ3v) is 13.5. The van der Waals surface area contributed by atoms with E-state index in [4.69, 9.17) is 28.4 Å². The van der Waals surface area contributed by atoms with E-state index in [9.17, 15) is 28.8 Å². The molecule has 6 unspecified atom stereocenters. The van der Waals surface area contributed by atoms with Crippen LogP contribution in [0.2, 0.25) is 0 Å².